The van der Waals surface area contributed by atoms with Crippen molar-refractivity contribution >= 4 is 0 Å². The lowest BCUT2D eigenvalue weighted by atomic mass is 9.89. The highest BCUT2D eigenvalue weighted by Gasteiger charge is 2.33. The number of rotatable bonds is 8. The Labute approximate surface area is 255 Å². The number of nitrogens with one attached hydrogen (secondary N) is 1. The van der Waals surface area contributed by atoms with Crippen LogP contribution in [0.25, 0.3) is 33.6 Å². The van der Waals surface area contributed by atoms with Crippen LogP contribution in [0.5, 0.6) is 5.75 Å². The summed E-state index contributed by atoms with van der Waals surface area (Å²) in [7, 11) is 0. The van der Waals surface area contributed by atoms with Crippen molar-refractivity contribution in [1.29, 1.82) is 0 Å². The molecule has 2 aromatic heterocycles. The van der Waals surface area contributed by atoms with Gasteiger partial charge < -0.3 is 9.84 Å². The number of hydrogen-bond donors (Lipinski definition) is 2. The lowest BCUT2D eigenvalue weighted by Crippen LogP contribution is -2.34. The van der Waals surface area contributed by atoms with Gasteiger partial charge in [0.25, 0.3) is 5.56 Å². The van der Waals surface area contributed by atoms with Gasteiger partial charge in [-0.2, -0.15) is 0 Å². The zero-order valence-electron chi connectivity index (χ0n) is 25.4. The Morgan fingerprint density at radius 3 is 2.41 bits per heavy atom. The van der Waals surface area contributed by atoms with Crippen LogP contribution in [-0.2, 0) is 19.4 Å². The van der Waals surface area contributed by atoms with Crippen molar-refractivity contribution in [3.05, 3.63) is 110 Å². The molecule has 0 fully saturated rings. The maximum Gasteiger partial charge on any atom is 0.439 e. The van der Waals surface area contributed by atoms with E-state index >= 15 is 0 Å². The fourth-order valence-electron chi connectivity index (χ4n) is 6.00. The van der Waals surface area contributed by atoms with Crippen LogP contribution in [0.3, 0.4) is 0 Å². The molecule has 1 unspecified atom stereocenters. The van der Waals surface area contributed by atoms with E-state index in [0.717, 1.165) is 45.8 Å². The van der Waals surface area contributed by atoms with Crippen LogP contribution in [0.15, 0.2) is 80.8 Å². The van der Waals surface area contributed by atoms with E-state index in [1.165, 1.54) is 0 Å². The summed E-state index contributed by atoms with van der Waals surface area (Å²) in [6.45, 7) is 8.37. The molecule has 0 aliphatic carbocycles. The largest absolute Gasteiger partial charge is 0.487 e. The van der Waals surface area contributed by atoms with E-state index in [2.05, 4.69) is 17.1 Å². The third-order valence-electron chi connectivity index (χ3n) is 8.09. The molecule has 1 aliphatic heterocycles. The van der Waals surface area contributed by atoms with E-state index in [9.17, 15) is 14.7 Å². The second-order valence-corrected chi connectivity index (χ2v) is 11.9. The molecule has 6 rings (SSSR count). The number of benzene rings is 3. The van der Waals surface area contributed by atoms with Gasteiger partial charge in [0.15, 0.2) is 5.82 Å². The van der Waals surface area contributed by atoms with Crippen LogP contribution >= 0.6 is 0 Å². The number of hydrogen-bond acceptors (Lipinski definition) is 7. The summed E-state index contributed by atoms with van der Waals surface area (Å²) in [4.78, 5) is 33.5. The van der Waals surface area contributed by atoms with E-state index < -0.39 is 17.5 Å². The molecular weight excluding hydrogens is 556 g/mol. The highest BCUT2D eigenvalue weighted by Crippen LogP contribution is 2.41. The first-order chi connectivity index (χ1) is 21.2. The first-order valence-corrected chi connectivity index (χ1v) is 15.1. The third-order valence-corrected chi connectivity index (χ3v) is 8.09. The quantitative estimate of drug-likeness (QED) is 0.224. The summed E-state index contributed by atoms with van der Waals surface area (Å²) in [5.74, 6) is 1.16. The fraction of sp³-hybridized carbons (Fsp3) is 0.314. The van der Waals surface area contributed by atoms with Crippen LogP contribution in [0.2, 0.25) is 0 Å². The molecular formula is C35H36N4O5. The molecule has 44 heavy (non-hydrogen) atoms. The normalized spacial score (nSPS) is 15.5. The number of nitrogens with zero attached hydrogens (tertiary/aromatic N) is 3. The number of aromatic nitrogens is 4. The van der Waals surface area contributed by atoms with Gasteiger partial charge in [0, 0.05) is 24.0 Å². The van der Waals surface area contributed by atoms with Gasteiger partial charge in [-0.3, -0.25) is 18.9 Å². The highest BCUT2D eigenvalue weighted by atomic mass is 16.5. The Morgan fingerprint density at radius 1 is 1.00 bits per heavy atom. The molecule has 9 heteroatoms. The van der Waals surface area contributed by atoms with Gasteiger partial charge in [-0.1, -0.05) is 73.6 Å². The molecule has 0 saturated heterocycles. The van der Waals surface area contributed by atoms with E-state index in [1.807, 2.05) is 87.5 Å². The van der Waals surface area contributed by atoms with E-state index in [1.54, 1.807) is 4.57 Å². The van der Waals surface area contributed by atoms with Gasteiger partial charge in [0.2, 0.25) is 0 Å². The van der Waals surface area contributed by atoms with Crippen molar-refractivity contribution in [2.24, 2.45) is 0 Å². The predicted octanol–water partition coefficient (Wildman–Crippen LogP) is 6.08. The molecule has 3 aromatic carbocycles. The van der Waals surface area contributed by atoms with Gasteiger partial charge >= 0.3 is 5.76 Å². The number of fused-ring (bicyclic) bond motifs is 1. The maximum atomic E-state index is 14.3. The summed E-state index contributed by atoms with van der Waals surface area (Å²) in [5.41, 5.74) is 5.70. The highest BCUT2D eigenvalue weighted by molar-refractivity contribution is 5.80. The molecule has 0 spiro atoms. The smallest absolute Gasteiger partial charge is 0.439 e. The monoisotopic (exact) mass is 592 g/mol. The fourth-order valence-corrected chi connectivity index (χ4v) is 6.00. The molecule has 0 bridgehead atoms. The average molecular weight is 593 g/mol. The van der Waals surface area contributed by atoms with Gasteiger partial charge in [0.05, 0.1) is 23.9 Å². The Morgan fingerprint density at radius 2 is 1.73 bits per heavy atom. The van der Waals surface area contributed by atoms with Crippen LogP contribution in [0.1, 0.15) is 69.3 Å². The SMILES string of the molecule is CCCc1nc(CC)c(-c2ccc3c(c2)C(O)CC(C)(C)O3)c(=O)n1Cc1ccc(-c2ccccc2-c2noc(=O)[nH]2)cc1. The van der Waals surface area contributed by atoms with Gasteiger partial charge in [0.1, 0.15) is 17.2 Å². The standard InChI is InChI=1S/C35H36N4O5/c1-5-9-30-36-27(6-2)31(23-16-17-29-26(18-23)28(40)19-35(3,4)43-29)33(41)39(30)20-21-12-14-22(15-13-21)24-10-7-8-11-25(24)32-37-34(42)44-38-32/h7-8,10-18,28,40H,5-6,9,19-20H2,1-4H3,(H,37,38,42). The Balaban J connectivity index is 1.38. The van der Waals surface area contributed by atoms with Crippen LogP contribution < -0.4 is 16.1 Å². The van der Waals surface area contributed by atoms with Crippen LogP contribution in [0.4, 0.5) is 0 Å². The molecule has 5 aromatic rings. The minimum Gasteiger partial charge on any atom is -0.487 e. The van der Waals surface area contributed by atoms with E-state index in [0.29, 0.717) is 48.5 Å². The topological polar surface area (TPSA) is 123 Å². The molecule has 9 nitrogen and oxygen atoms in total. The molecule has 1 aliphatic rings. The van der Waals surface area contributed by atoms with Crippen LogP contribution in [-0.4, -0.2) is 30.4 Å². The number of H-pyrrole nitrogens is 1. The van der Waals surface area contributed by atoms with E-state index in [-0.39, 0.29) is 5.56 Å². The first-order valence-electron chi connectivity index (χ1n) is 15.1. The Bertz CT molecular complexity index is 1930. The van der Waals surface area contributed by atoms with Crippen molar-refractivity contribution in [1.82, 2.24) is 19.7 Å². The number of aliphatic hydroxyl groups is 1. The molecule has 2 N–H and O–H groups in total. The van der Waals surface area contributed by atoms with Crippen molar-refractivity contribution in [3.63, 3.8) is 0 Å². The Hall–Kier alpha value is -4.76. The maximum absolute atomic E-state index is 14.3. The second-order valence-electron chi connectivity index (χ2n) is 11.9. The zero-order chi connectivity index (χ0) is 31.0. The molecule has 0 radical (unpaired) electrons. The van der Waals surface area contributed by atoms with Crippen LogP contribution in [0, 0.1) is 0 Å². The molecule has 3 heterocycles. The third kappa shape index (κ3) is 5.63. The first kappa shape index (κ1) is 29.3. The predicted molar refractivity (Wildman–Crippen MR) is 169 cm³/mol. The summed E-state index contributed by atoms with van der Waals surface area (Å²) < 4.78 is 12.6. The minimum atomic E-state index is -0.679. The zero-order valence-corrected chi connectivity index (χ0v) is 25.4. The molecule has 226 valence electrons. The molecule has 0 amide bonds. The van der Waals surface area contributed by atoms with Gasteiger partial charge in [-0.15, -0.1) is 0 Å². The number of aromatic amines is 1. The summed E-state index contributed by atoms with van der Waals surface area (Å²) in [6, 6.07) is 21.3. The minimum absolute atomic E-state index is 0.101. The summed E-state index contributed by atoms with van der Waals surface area (Å²) in [5, 5.41) is 14.8. The Kier molecular flexibility index (Phi) is 7.82. The summed E-state index contributed by atoms with van der Waals surface area (Å²) in [6.07, 6.45) is 1.93. The van der Waals surface area contributed by atoms with Crippen molar-refractivity contribution in [3.8, 4) is 39.4 Å². The van der Waals surface area contributed by atoms with E-state index in [4.69, 9.17) is 14.2 Å². The van der Waals surface area contributed by atoms with Crippen molar-refractivity contribution in [2.45, 2.75) is 71.6 Å². The second kappa shape index (κ2) is 11.7. The van der Waals surface area contributed by atoms with Crippen molar-refractivity contribution < 1.29 is 14.4 Å². The number of aryl methyl sites for hydroxylation is 2. The molecule has 0 saturated carbocycles. The number of ether oxygens (including phenoxy) is 1. The lowest BCUT2D eigenvalue weighted by molar-refractivity contribution is 0.0116. The number of aliphatic hydroxyl groups excluding tert-OH is 1. The summed E-state index contributed by atoms with van der Waals surface area (Å²) >= 11 is 0. The lowest BCUT2D eigenvalue weighted by Gasteiger charge is -2.35. The average Bonchev–Trinajstić information content (AvgIpc) is 3.44. The van der Waals surface area contributed by atoms with Crippen molar-refractivity contribution in [2.75, 3.05) is 0 Å². The van der Waals surface area contributed by atoms with Gasteiger partial charge in [-0.05, 0) is 61.1 Å². The molecule has 1 atom stereocenters. The van der Waals surface area contributed by atoms with Gasteiger partial charge in [-0.25, -0.2) is 9.78 Å².